The van der Waals surface area contributed by atoms with Gasteiger partial charge in [-0.3, -0.25) is 4.79 Å². The van der Waals surface area contributed by atoms with Crippen LogP contribution in [0.5, 0.6) is 0 Å². The maximum atomic E-state index is 12.9. The van der Waals surface area contributed by atoms with Crippen LogP contribution in [0.4, 0.5) is 0 Å². The summed E-state index contributed by atoms with van der Waals surface area (Å²) in [4.78, 5) is 17.6. The molecule has 1 N–H and O–H groups in total. The van der Waals surface area contributed by atoms with Gasteiger partial charge >= 0.3 is 0 Å². The van der Waals surface area contributed by atoms with E-state index in [0.717, 1.165) is 32.9 Å². The monoisotopic (exact) mass is 434 g/mol. The summed E-state index contributed by atoms with van der Waals surface area (Å²) in [5.74, 6) is -0.0359. The van der Waals surface area contributed by atoms with Crippen LogP contribution in [0.2, 0.25) is 0 Å². The predicted molar refractivity (Wildman–Crippen MR) is 129 cm³/mol. The van der Waals surface area contributed by atoms with Crippen molar-refractivity contribution in [2.24, 2.45) is 0 Å². The molecule has 0 saturated heterocycles. The lowest BCUT2D eigenvalue weighted by Gasteiger charge is -2.14. The van der Waals surface area contributed by atoms with Gasteiger partial charge in [-0.15, -0.1) is 22.7 Å². The third-order valence-electron chi connectivity index (χ3n) is 5.14. The van der Waals surface area contributed by atoms with Gasteiger partial charge in [-0.05, 0) is 41.6 Å². The van der Waals surface area contributed by atoms with Crippen molar-refractivity contribution in [2.45, 2.75) is 39.5 Å². The highest BCUT2D eigenvalue weighted by atomic mass is 32.1. The molecule has 0 bridgehead atoms. The minimum Gasteiger partial charge on any atom is -0.352 e. The number of carbonyl (C=O) groups is 1. The van der Waals surface area contributed by atoms with Crippen LogP contribution in [-0.2, 0) is 11.8 Å². The maximum Gasteiger partial charge on any atom is 0.251 e. The van der Waals surface area contributed by atoms with Gasteiger partial charge in [-0.25, -0.2) is 4.98 Å². The van der Waals surface area contributed by atoms with Crippen molar-refractivity contribution in [3.63, 3.8) is 0 Å². The van der Waals surface area contributed by atoms with E-state index in [1.807, 2.05) is 12.1 Å². The van der Waals surface area contributed by atoms with Gasteiger partial charge in [-0.2, -0.15) is 0 Å². The highest BCUT2D eigenvalue weighted by Gasteiger charge is 2.17. The summed E-state index contributed by atoms with van der Waals surface area (Å²) in [5, 5.41) is 9.53. The Morgan fingerprint density at radius 1 is 1.07 bits per heavy atom. The first-order chi connectivity index (χ1) is 14.3. The Morgan fingerprint density at radius 3 is 2.53 bits per heavy atom. The third kappa shape index (κ3) is 4.47. The number of hydrogen-bond acceptors (Lipinski definition) is 4. The molecule has 0 atom stereocenters. The molecule has 5 heteroatoms. The summed E-state index contributed by atoms with van der Waals surface area (Å²) in [7, 11) is 0. The molecule has 4 rings (SSSR count). The molecule has 0 fully saturated rings. The molecule has 2 aromatic heterocycles. The number of nitrogens with one attached hydrogen (secondary N) is 1. The number of fused-ring (bicyclic) bond motifs is 1. The molecule has 0 aliphatic heterocycles. The van der Waals surface area contributed by atoms with Gasteiger partial charge in [0.2, 0.25) is 0 Å². The van der Waals surface area contributed by atoms with E-state index in [1.54, 1.807) is 22.7 Å². The van der Waals surface area contributed by atoms with Crippen LogP contribution in [0.3, 0.4) is 0 Å². The summed E-state index contributed by atoms with van der Waals surface area (Å²) in [6, 6.07) is 14.6. The predicted octanol–water partition coefficient (Wildman–Crippen LogP) is 6.60. The lowest BCUT2D eigenvalue weighted by atomic mass is 9.93. The van der Waals surface area contributed by atoms with Crippen molar-refractivity contribution >= 4 is 38.7 Å². The highest BCUT2D eigenvalue weighted by molar-refractivity contribution is 7.17. The van der Waals surface area contributed by atoms with Gasteiger partial charge in [0.15, 0.2) is 0 Å². The fourth-order valence-electron chi connectivity index (χ4n) is 3.33. The molecule has 2 heterocycles. The van der Waals surface area contributed by atoms with Crippen molar-refractivity contribution in [3.05, 3.63) is 75.1 Å². The quantitative estimate of drug-likeness (QED) is 0.384. The number of hydrogen-bond donors (Lipinski definition) is 1. The number of nitrogens with zero attached hydrogens (tertiary/aromatic N) is 1. The van der Waals surface area contributed by atoms with E-state index in [1.165, 1.54) is 10.9 Å². The maximum absolute atomic E-state index is 12.9. The summed E-state index contributed by atoms with van der Waals surface area (Å²) < 4.78 is 1.13. The first-order valence-corrected chi connectivity index (χ1v) is 11.9. The second kappa shape index (κ2) is 8.32. The Hall–Kier alpha value is -2.50. The van der Waals surface area contributed by atoms with Gasteiger partial charge < -0.3 is 5.32 Å². The summed E-state index contributed by atoms with van der Waals surface area (Å²) in [6.45, 7) is 9.17. The Kier molecular flexibility index (Phi) is 5.76. The van der Waals surface area contributed by atoms with Crippen LogP contribution in [0, 0.1) is 6.92 Å². The van der Waals surface area contributed by atoms with E-state index in [-0.39, 0.29) is 11.3 Å². The lowest BCUT2D eigenvalue weighted by molar-refractivity contribution is 0.0954. The van der Waals surface area contributed by atoms with Crippen molar-refractivity contribution in [2.75, 3.05) is 6.54 Å². The van der Waals surface area contributed by atoms with Crippen molar-refractivity contribution in [1.82, 2.24) is 10.3 Å². The van der Waals surface area contributed by atoms with Crippen molar-refractivity contribution in [3.8, 4) is 11.1 Å². The molecule has 0 aliphatic carbocycles. The minimum atomic E-state index is -0.0359. The second-order valence-corrected chi connectivity index (χ2v) is 10.5. The van der Waals surface area contributed by atoms with E-state index in [9.17, 15) is 4.79 Å². The molecule has 0 spiro atoms. The number of aryl methyl sites for hydroxylation is 1. The molecule has 0 unspecified atom stereocenters. The zero-order valence-electron chi connectivity index (χ0n) is 17.8. The standard InChI is InChI=1S/C25H26N2OS2/c1-16-5-7-17(8-6-16)20-13-18(14-21-19(20)10-12-29-21)24(28)26-11-9-23-27-22(15-30-23)25(2,3)4/h5-8,10,12-15H,9,11H2,1-4H3,(H,26,28). The molecular formula is C25H26N2OS2. The average molecular weight is 435 g/mol. The normalized spacial score (nSPS) is 11.7. The topological polar surface area (TPSA) is 42.0 Å². The Bertz CT molecular complexity index is 1180. The zero-order valence-corrected chi connectivity index (χ0v) is 19.4. The number of thiazole rings is 1. The lowest BCUT2D eigenvalue weighted by Crippen LogP contribution is -2.25. The number of thiophene rings is 1. The van der Waals surface area contributed by atoms with Crippen LogP contribution in [0.15, 0.2) is 53.2 Å². The largest absolute Gasteiger partial charge is 0.352 e. The number of amides is 1. The fraction of sp³-hybridized carbons (Fsp3) is 0.280. The molecule has 30 heavy (non-hydrogen) atoms. The van der Waals surface area contributed by atoms with Crippen molar-refractivity contribution in [1.29, 1.82) is 0 Å². The summed E-state index contributed by atoms with van der Waals surface area (Å²) in [5.41, 5.74) is 5.34. The van der Waals surface area contributed by atoms with Crippen LogP contribution < -0.4 is 5.32 Å². The molecular weight excluding hydrogens is 408 g/mol. The van der Waals surface area contributed by atoms with Crippen LogP contribution in [-0.4, -0.2) is 17.4 Å². The van der Waals surface area contributed by atoms with E-state index in [4.69, 9.17) is 4.98 Å². The third-order valence-corrected chi connectivity index (χ3v) is 6.91. The Balaban J connectivity index is 1.51. The minimum absolute atomic E-state index is 0.0359. The van der Waals surface area contributed by atoms with Gasteiger partial charge in [-0.1, -0.05) is 50.6 Å². The van der Waals surface area contributed by atoms with Crippen LogP contribution in [0.25, 0.3) is 21.2 Å². The average Bonchev–Trinajstić information content (AvgIpc) is 3.37. The number of rotatable bonds is 5. The summed E-state index contributed by atoms with van der Waals surface area (Å²) in [6.07, 6.45) is 0.749. The van der Waals surface area contributed by atoms with E-state index in [0.29, 0.717) is 12.1 Å². The molecule has 0 saturated carbocycles. The second-order valence-electron chi connectivity index (χ2n) is 8.60. The number of aromatic nitrogens is 1. The Morgan fingerprint density at radius 2 is 1.83 bits per heavy atom. The van der Waals surface area contributed by atoms with E-state index in [2.05, 4.69) is 74.1 Å². The van der Waals surface area contributed by atoms with Gasteiger partial charge in [0.25, 0.3) is 5.91 Å². The smallest absolute Gasteiger partial charge is 0.251 e. The number of carbonyl (C=O) groups excluding carboxylic acids is 1. The molecule has 1 amide bonds. The zero-order chi connectivity index (χ0) is 21.3. The number of benzene rings is 2. The molecule has 154 valence electrons. The van der Waals surface area contributed by atoms with Crippen LogP contribution in [0.1, 0.15) is 47.4 Å². The van der Waals surface area contributed by atoms with Gasteiger partial charge in [0.05, 0.1) is 10.7 Å². The van der Waals surface area contributed by atoms with Crippen LogP contribution >= 0.6 is 22.7 Å². The molecule has 4 aromatic rings. The molecule has 2 aromatic carbocycles. The first-order valence-electron chi connectivity index (χ1n) is 10.1. The molecule has 0 aliphatic rings. The fourth-order valence-corrected chi connectivity index (χ4v) is 5.21. The van der Waals surface area contributed by atoms with Gasteiger partial charge in [0.1, 0.15) is 0 Å². The van der Waals surface area contributed by atoms with Gasteiger partial charge in [0, 0.05) is 39.4 Å². The van der Waals surface area contributed by atoms with E-state index >= 15 is 0 Å². The molecule has 0 radical (unpaired) electrons. The van der Waals surface area contributed by atoms with E-state index < -0.39 is 0 Å². The summed E-state index contributed by atoms with van der Waals surface area (Å²) >= 11 is 3.34. The molecule has 3 nitrogen and oxygen atoms in total. The first kappa shape index (κ1) is 20.8. The van der Waals surface area contributed by atoms with Crippen molar-refractivity contribution < 1.29 is 4.79 Å². The highest BCUT2D eigenvalue weighted by Crippen LogP contribution is 2.33. The Labute approximate surface area is 185 Å². The SMILES string of the molecule is Cc1ccc(-c2cc(C(=O)NCCc3nc(C(C)(C)C)cs3)cc3sccc23)cc1.